The first-order valence-corrected chi connectivity index (χ1v) is 8.93. The van der Waals surface area contributed by atoms with Crippen molar-refractivity contribution in [3.8, 4) is 0 Å². The lowest BCUT2D eigenvalue weighted by Crippen LogP contribution is -2.42. The molecule has 3 N–H and O–H groups in total. The Morgan fingerprint density at radius 2 is 1.77 bits per heavy atom. The van der Waals surface area contributed by atoms with Crippen LogP contribution in [0.3, 0.4) is 0 Å². The fraction of sp³-hybridized carbons (Fsp3) is 0.533. The summed E-state index contributed by atoms with van der Waals surface area (Å²) in [4.78, 5) is 14.3. The molecule has 1 aromatic rings. The Hall–Kier alpha value is -1.44. The molecule has 0 bridgehead atoms. The number of likely N-dealkylation sites (tertiary alicyclic amines) is 1. The van der Waals surface area contributed by atoms with Gasteiger partial charge in [0.1, 0.15) is 0 Å². The van der Waals surface area contributed by atoms with Crippen LogP contribution in [-0.4, -0.2) is 38.9 Å². The Balaban J connectivity index is 1.92. The van der Waals surface area contributed by atoms with Crippen LogP contribution in [0.4, 0.5) is 5.69 Å². The van der Waals surface area contributed by atoms with Gasteiger partial charge in [0.15, 0.2) is 0 Å². The lowest BCUT2D eigenvalue weighted by molar-refractivity contribution is -0.117. The van der Waals surface area contributed by atoms with Crippen LogP contribution >= 0.6 is 0 Å². The normalized spacial score (nSPS) is 23.2. The van der Waals surface area contributed by atoms with E-state index in [0.29, 0.717) is 24.1 Å². The highest BCUT2D eigenvalue weighted by molar-refractivity contribution is 7.89. The van der Waals surface area contributed by atoms with Gasteiger partial charge in [-0.2, -0.15) is 0 Å². The van der Waals surface area contributed by atoms with Gasteiger partial charge in [-0.25, -0.2) is 13.6 Å². The van der Waals surface area contributed by atoms with Gasteiger partial charge in [0.25, 0.3) is 0 Å². The molecule has 1 aliphatic rings. The van der Waals surface area contributed by atoms with Gasteiger partial charge in [-0.1, -0.05) is 13.8 Å². The first-order chi connectivity index (χ1) is 10.2. The summed E-state index contributed by atoms with van der Waals surface area (Å²) in [6.45, 7) is 6.62. The molecule has 0 spiro atoms. The molecule has 2 atom stereocenters. The zero-order valence-electron chi connectivity index (χ0n) is 13.0. The maximum absolute atomic E-state index is 12.1. The summed E-state index contributed by atoms with van der Waals surface area (Å²) < 4.78 is 22.3. The molecule has 1 saturated heterocycles. The van der Waals surface area contributed by atoms with Crippen molar-refractivity contribution in [2.75, 3.05) is 25.0 Å². The molecule has 0 aliphatic carbocycles. The number of nitrogens with two attached hydrogens (primary N) is 1. The van der Waals surface area contributed by atoms with Gasteiger partial charge in [0.05, 0.1) is 11.4 Å². The summed E-state index contributed by atoms with van der Waals surface area (Å²) in [5.41, 5.74) is 0.565. The number of benzene rings is 1. The van der Waals surface area contributed by atoms with Gasteiger partial charge < -0.3 is 5.32 Å². The van der Waals surface area contributed by atoms with E-state index in [1.807, 2.05) is 0 Å². The third-order valence-corrected chi connectivity index (χ3v) is 4.71. The van der Waals surface area contributed by atoms with Crippen LogP contribution in [0.5, 0.6) is 0 Å². The van der Waals surface area contributed by atoms with Crippen LogP contribution in [0, 0.1) is 11.8 Å². The number of anilines is 1. The Morgan fingerprint density at radius 1 is 1.23 bits per heavy atom. The zero-order valence-corrected chi connectivity index (χ0v) is 13.8. The van der Waals surface area contributed by atoms with Gasteiger partial charge in [0, 0.05) is 18.8 Å². The highest BCUT2D eigenvalue weighted by atomic mass is 32.2. The standard InChI is InChI=1S/C15H23N3O3S/c1-11-7-12(2)9-18(8-11)10-15(19)17-13-3-5-14(6-4-13)22(16,20)21/h3-6,11-12H,7-10H2,1-2H3,(H,17,19)(H2,16,20,21)/t11-,12-/m0/s1. The second-order valence-electron chi connectivity index (χ2n) is 6.26. The third kappa shape index (κ3) is 4.79. The Kier molecular flexibility index (Phi) is 5.20. The van der Waals surface area contributed by atoms with Crippen molar-refractivity contribution in [1.29, 1.82) is 0 Å². The number of hydrogen-bond donors (Lipinski definition) is 2. The van der Waals surface area contributed by atoms with E-state index in [9.17, 15) is 13.2 Å². The number of nitrogens with one attached hydrogen (secondary N) is 1. The molecule has 1 heterocycles. The predicted octanol–water partition coefficient (Wildman–Crippen LogP) is 1.25. The highest BCUT2D eigenvalue weighted by Gasteiger charge is 2.23. The molecular formula is C15H23N3O3S. The van der Waals surface area contributed by atoms with Crippen LogP contribution in [0.2, 0.25) is 0 Å². The molecule has 1 aliphatic heterocycles. The van der Waals surface area contributed by atoms with Crippen molar-refractivity contribution in [3.05, 3.63) is 24.3 Å². The lowest BCUT2D eigenvalue weighted by atomic mass is 9.92. The second-order valence-corrected chi connectivity index (χ2v) is 7.82. The van der Waals surface area contributed by atoms with E-state index >= 15 is 0 Å². The number of nitrogens with zero attached hydrogens (tertiary/aromatic N) is 1. The minimum atomic E-state index is -3.70. The lowest BCUT2D eigenvalue weighted by Gasteiger charge is -2.34. The van der Waals surface area contributed by atoms with Crippen molar-refractivity contribution in [2.24, 2.45) is 17.0 Å². The summed E-state index contributed by atoms with van der Waals surface area (Å²) in [6, 6.07) is 5.85. The Labute approximate surface area is 131 Å². The number of hydrogen-bond acceptors (Lipinski definition) is 4. The van der Waals surface area contributed by atoms with Crippen molar-refractivity contribution in [1.82, 2.24) is 4.90 Å². The summed E-state index contributed by atoms with van der Waals surface area (Å²) in [5, 5.41) is 7.82. The molecule has 0 aromatic heterocycles. The van der Waals surface area contributed by atoms with Crippen LogP contribution < -0.4 is 10.5 Å². The molecular weight excluding hydrogens is 302 g/mol. The maximum atomic E-state index is 12.1. The average Bonchev–Trinajstić information content (AvgIpc) is 2.36. The first-order valence-electron chi connectivity index (χ1n) is 7.39. The quantitative estimate of drug-likeness (QED) is 0.871. The summed E-state index contributed by atoms with van der Waals surface area (Å²) >= 11 is 0. The van der Waals surface area contributed by atoms with E-state index in [-0.39, 0.29) is 10.8 Å². The van der Waals surface area contributed by atoms with E-state index < -0.39 is 10.0 Å². The molecule has 6 nitrogen and oxygen atoms in total. The maximum Gasteiger partial charge on any atom is 0.238 e. The molecule has 1 fully saturated rings. The molecule has 0 radical (unpaired) electrons. The van der Waals surface area contributed by atoms with E-state index in [1.54, 1.807) is 12.1 Å². The number of rotatable bonds is 4. The number of amides is 1. The number of sulfonamides is 1. The van der Waals surface area contributed by atoms with Crippen molar-refractivity contribution >= 4 is 21.6 Å². The number of carbonyl (C=O) groups excluding carboxylic acids is 1. The van der Waals surface area contributed by atoms with E-state index in [4.69, 9.17) is 5.14 Å². The van der Waals surface area contributed by atoms with Gasteiger partial charge in [-0.3, -0.25) is 9.69 Å². The van der Waals surface area contributed by atoms with E-state index in [2.05, 4.69) is 24.1 Å². The number of carbonyl (C=O) groups is 1. The molecule has 0 saturated carbocycles. The predicted molar refractivity (Wildman–Crippen MR) is 85.8 cm³/mol. The molecule has 1 amide bonds. The SMILES string of the molecule is C[C@H]1C[C@H](C)CN(CC(=O)Nc2ccc(S(N)(=O)=O)cc2)C1. The fourth-order valence-electron chi connectivity index (χ4n) is 3.05. The molecule has 0 unspecified atom stereocenters. The van der Waals surface area contributed by atoms with Crippen LogP contribution in [0.1, 0.15) is 20.3 Å². The molecule has 122 valence electrons. The second kappa shape index (κ2) is 6.76. The van der Waals surface area contributed by atoms with E-state index in [0.717, 1.165) is 13.1 Å². The Morgan fingerprint density at radius 3 is 2.27 bits per heavy atom. The number of piperidine rings is 1. The van der Waals surface area contributed by atoms with Gasteiger partial charge in [0.2, 0.25) is 15.9 Å². The Bertz CT molecular complexity index is 618. The topological polar surface area (TPSA) is 92.5 Å². The van der Waals surface area contributed by atoms with E-state index in [1.165, 1.54) is 18.6 Å². The first kappa shape index (κ1) is 16.9. The van der Waals surface area contributed by atoms with Gasteiger partial charge in [-0.15, -0.1) is 0 Å². The highest BCUT2D eigenvalue weighted by Crippen LogP contribution is 2.20. The fourth-order valence-corrected chi connectivity index (χ4v) is 3.57. The van der Waals surface area contributed by atoms with Crippen LogP contribution in [0.15, 0.2) is 29.2 Å². The summed E-state index contributed by atoms with van der Waals surface area (Å²) in [5.74, 6) is 1.11. The smallest absolute Gasteiger partial charge is 0.238 e. The van der Waals surface area contributed by atoms with Crippen molar-refractivity contribution in [3.63, 3.8) is 0 Å². The van der Waals surface area contributed by atoms with Crippen LogP contribution in [-0.2, 0) is 14.8 Å². The van der Waals surface area contributed by atoms with Crippen molar-refractivity contribution < 1.29 is 13.2 Å². The molecule has 2 rings (SSSR count). The monoisotopic (exact) mass is 325 g/mol. The zero-order chi connectivity index (χ0) is 16.3. The average molecular weight is 325 g/mol. The van der Waals surface area contributed by atoms with Gasteiger partial charge in [-0.05, 0) is 42.5 Å². The minimum Gasteiger partial charge on any atom is -0.325 e. The number of primary sulfonamides is 1. The molecule has 7 heteroatoms. The van der Waals surface area contributed by atoms with Crippen LogP contribution in [0.25, 0.3) is 0 Å². The minimum absolute atomic E-state index is 0.0316. The summed E-state index contributed by atoms with van der Waals surface area (Å²) in [6.07, 6.45) is 1.20. The molecule has 22 heavy (non-hydrogen) atoms. The largest absolute Gasteiger partial charge is 0.325 e. The third-order valence-electron chi connectivity index (χ3n) is 3.78. The molecule has 1 aromatic carbocycles. The summed E-state index contributed by atoms with van der Waals surface area (Å²) in [7, 11) is -3.70. The van der Waals surface area contributed by atoms with Crippen molar-refractivity contribution in [2.45, 2.75) is 25.2 Å². The van der Waals surface area contributed by atoms with Gasteiger partial charge >= 0.3 is 0 Å².